The van der Waals surface area contributed by atoms with Crippen LogP contribution in [-0.4, -0.2) is 36.8 Å². The van der Waals surface area contributed by atoms with E-state index in [0.717, 1.165) is 19.3 Å². The minimum Gasteiger partial charge on any atom is -0.469 e. The highest BCUT2D eigenvalue weighted by Crippen LogP contribution is 2.26. The highest BCUT2D eigenvalue weighted by molar-refractivity contribution is 5.05. The zero-order chi connectivity index (χ0) is 13.4. The lowest BCUT2D eigenvalue weighted by molar-refractivity contribution is -0.198. The van der Waals surface area contributed by atoms with Gasteiger partial charge in [0, 0.05) is 7.11 Å². The molecule has 0 aromatic heterocycles. The summed E-state index contributed by atoms with van der Waals surface area (Å²) in [7, 11) is 1.65. The molecule has 1 N–H and O–H groups in total. The summed E-state index contributed by atoms with van der Waals surface area (Å²) in [5.74, 6) is 0. The average Bonchev–Trinajstić information content (AvgIpc) is 2.43. The molecule has 0 aromatic rings. The van der Waals surface area contributed by atoms with Crippen LogP contribution in [0, 0.1) is 0 Å². The highest BCUT2D eigenvalue weighted by Gasteiger charge is 2.36. The first-order chi connectivity index (χ1) is 8.66. The SMILES string of the molecule is CCCC[C@@](C)(OC)C(CO)O[C@@H]1C=CC=CO1. The lowest BCUT2D eigenvalue weighted by Gasteiger charge is -2.36. The van der Waals surface area contributed by atoms with Crippen LogP contribution in [0.15, 0.2) is 24.5 Å². The summed E-state index contributed by atoms with van der Waals surface area (Å²) in [6, 6.07) is 0. The van der Waals surface area contributed by atoms with Crippen molar-refractivity contribution in [3.05, 3.63) is 24.5 Å². The Morgan fingerprint density at radius 2 is 2.22 bits per heavy atom. The molecule has 0 saturated heterocycles. The molecule has 0 aromatic carbocycles. The molecule has 0 amide bonds. The van der Waals surface area contributed by atoms with Crippen molar-refractivity contribution in [3.8, 4) is 0 Å². The summed E-state index contributed by atoms with van der Waals surface area (Å²) in [5, 5.41) is 9.52. The van der Waals surface area contributed by atoms with Gasteiger partial charge < -0.3 is 19.3 Å². The van der Waals surface area contributed by atoms with Gasteiger partial charge in [0.2, 0.25) is 6.29 Å². The van der Waals surface area contributed by atoms with E-state index in [2.05, 4.69) is 6.92 Å². The number of unbranched alkanes of at least 4 members (excludes halogenated alkanes) is 1. The van der Waals surface area contributed by atoms with Crippen molar-refractivity contribution >= 4 is 0 Å². The fraction of sp³-hybridized carbons (Fsp3) is 0.714. The maximum atomic E-state index is 9.52. The van der Waals surface area contributed by atoms with Crippen LogP contribution in [0.25, 0.3) is 0 Å². The Bertz CT molecular complexity index is 288. The van der Waals surface area contributed by atoms with Gasteiger partial charge in [0.1, 0.15) is 6.10 Å². The van der Waals surface area contributed by atoms with Crippen LogP contribution in [0.5, 0.6) is 0 Å². The number of hydrogen-bond donors (Lipinski definition) is 1. The Hall–Kier alpha value is -0.840. The van der Waals surface area contributed by atoms with Gasteiger partial charge in [-0.25, -0.2) is 0 Å². The molecular formula is C14H24O4. The van der Waals surface area contributed by atoms with Crippen LogP contribution in [0.1, 0.15) is 33.1 Å². The van der Waals surface area contributed by atoms with E-state index in [1.165, 1.54) is 0 Å². The van der Waals surface area contributed by atoms with Gasteiger partial charge in [-0.05, 0) is 25.5 Å². The third-order valence-corrected chi connectivity index (χ3v) is 3.31. The smallest absolute Gasteiger partial charge is 0.219 e. The van der Waals surface area contributed by atoms with E-state index in [1.807, 2.05) is 13.0 Å². The molecule has 0 spiro atoms. The minimum absolute atomic E-state index is 0.0918. The number of methoxy groups -OCH3 is 1. The lowest BCUT2D eigenvalue weighted by Crippen LogP contribution is -2.47. The third kappa shape index (κ3) is 4.12. The van der Waals surface area contributed by atoms with Crippen LogP contribution < -0.4 is 0 Å². The first-order valence-electron chi connectivity index (χ1n) is 6.46. The molecule has 0 bridgehead atoms. The molecule has 1 heterocycles. The maximum Gasteiger partial charge on any atom is 0.219 e. The number of rotatable bonds is 8. The molecule has 3 atom stereocenters. The van der Waals surface area contributed by atoms with E-state index < -0.39 is 18.0 Å². The second kappa shape index (κ2) is 7.56. The van der Waals surface area contributed by atoms with E-state index in [4.69, 9.17) is 14.2 Å². The first kappa shape index (κ1) is 15.2. The van der Waals surface area contributed by atoms with E-state index in [0.29, 0.717) is 0 Å². The van der Waals surface area contributed by atoms with Crippen LogP contribution >= 0.6 is 0 Å². The number of allylic oxidation sites excluding steroid dienone is 2. The predicted molar refractivity (Wildman–Crippen MR) is 70.1 cm³/mol. The molecule has 0 radical (unpaired) electrons. The van der Waals surface area contributed by atoms with Crippen molar-refractivity contribution < 1.29 is 19.3 Å². The average molecular weight is 256 g/mol. The zero-order valence-electron chi connectivity index (χ0n) is 11.5. The quantitative estimate of drug-likeness (QED) is 0.724. The first-order valence-corrected chi connectivity index (χ1v) is 6.46. The standard InChI is InChI=1S/C14H24O4/c1-4-5-9-14(2,16-3)12(11-15)18-13-8-6-7-10-17-13/h6-8,10,12-13,15H,4-5,9,11H2,1-3H3/t12?,13-,14-/m1/s1. The van der Waals surface area contributed by atoms with Crippen LogP contribution in [0.2, 0.25) is 0 Å². The van der Waals surface area contributed by atoms with Crippen molar-refractivity contribution in [2.45, 2.75) is 51.1 Å². The van der Waals surface area contributed by atoms with Gasteiger partial charge in [-0.1, -0.05) is 25.8 Å². The van der Waals surface area contributed by atoms with Crippen molar-refractivity contribution in [1.29, 1.82) is 0 Å². The fourth-order valence-corrected chi connectivity index (χ4v) is 1.91. The Morgan fingerprint density at radius 1 is 1.44 bits per heavy atom. The topological polar surface area (TPSA) is 47.9 Å². The molecule has 104 valence electrons. The van der Waals surface area contributed by atoms with Gasteiger partial charge in [-0.15, -0.1) is 0 Å². The molecule has 0 aliphatic carbocycles. The van der Waals surface area contributed by atoms with E-state index in [9.17, 15) is 5.11 Å². The number of aliphatic hydroxyl groups excluding tert-OH is 1. The van der Waals surface area contributed by atoms with Crippen molar-refractivity contribution in [2.75, 3.05) is 13.7 Å². The summed E-state index contributed by atoms with van der Waals surface area (Å²) in [6.07, 6.45) is 9.13. The summed E-state index contributed by atoms with van der Waals surface area (Å²) < 4.78 is 16.6. The molecule has 4 heteroatoms. The molecular weight excluding hydrogens is 232 g/mol. The Balaban J connectivity index is 2.61. The fourth-order valence-electron chi connectivity index (χ4n) is 1.91. The van der Waals surface area contributed by atoms with E-state index in [1.54, 1.807) is 25.5 Å². The second-order valence-corrected chi connectivity index (χ2v) is 4.65. The summed E-state index contributed by atoms with van der Waals surface area (Å²) in [4.78, 5) is 0. The lowest BCUT2D eigenvalue weighted by atomic mass is 9.92. The van der Waals surface area contributed by atoms with E-state index >= 15 is 0 Å². The molecule has 0 saturated carbocycles. The number of ether oxygens (including phenoxy) is 3. The van der Waals surface area contributed by atoms with E-state index in [-0.39, 0.29) is 6.61 Å². The number of aliphatic hydroxyl groups is 1. The monoisotopic (exact) mass is 256 g/mol. The Kier molecular flexibility index (Phi) is 6.39. The van der Waals surface area contributed by atoms with Gasteiger partial charge in [0.15, 0.2) is 0 Å². The summed E-state index contributed by atoms with van der Waals surface area (Å²) >= 11 is 0. The van der Waals surface area contributed by atoms with Crippen LogP contribution in [0.3, 0.4) is 0 Å². The van der Waals surface area contributed by atoms with Gasteiger partial charge in [0.25, 0.3) is 0 Å². The molecule has 1 aliphatic heterocycles. The largest absolute Gasteiger partial charge is 0.469 e. The predicted octanol–water partition coefficient (Wildman–Crippen LogP) is 2.39. The molecule has 1 rings (SSSR count). The molecule has 18 heavy (non-hydrogen) atoms. The molecule has 1 unspecified atom stereocenters. The van der Waals surface area contributed by atoms with Crippen molar-refractivity contribution in [3.63, 3.8) is 0 Å². The third-order valence-electron chi connectivity index (χ3n) is 3.31. The Labute approximate surface area is 109 Å². The van der Waals surface area contributed by atoms with Gasteiger partial charge in [-0.2, -0.15) is 0 Å². The van der Waals surface area contributed by atoms with Crippen molar-refractivity contribution in [2.24, 2.45) is 0 Å². The molecule has 0 fully saturated rings. The Morgan fingerprint density at radius 3 is 2.72 bits per heavy atom. The van der Waals surface area contributed by atoms with Crippen molar-refractivity contribution in [1.82, 2.24) is 0 Å². The minimum atomic E-state index is -0.497. The van der Waals surface area contributed by atoms with Gasteiger partial charge in [-0.3, -0.25) is 0 Å². The highest BCUT2D eigenvalue weighted by atomic mass is 16.7. The second-order valence-electron chi connectivity index (χ2n) is 4.65. The zero-order valence-corrected chi connectivity index (χ0v) is 11.5. The normalized spacial score (nSPS) is 23.4. The van der Waals surface area contributed by atoms with Gasteiger partial charge in [0.05, 0.1) is 18.5 Å². The van der Waals surface area contributed by atoms with Gasteiger partial charge >= 0.3 is 0 Å². The van der Waals surface area contributed by atoms with Crippen LogP contribution in [0.4, 0.5) is 0 Å². The van der Waals surface area contributed by atoms with Crippen LogP contribution in [-0.2, 0) is 14.2 Å². The summed E-state index contributed by atoms with van der Waals surface area (Å²) in [6.45, 7) is 4.00. The summed E-state index contributed by atoms with van der Waals surface area (Å²) in [5.41, 5.74) is -0.497. The molecule has 4 nitrogen and oxygen atoms in total. The molecule has 1 aliphatic rings. The maximum absolute atomic E-state index is 9.52. The number of hydrogen-bond acceptors (Lipinski definition) is 4.